The van der Waals surface area contributed by atoms with Crippen LogP contribution in [0.1, 0.15) is 36.7 Å². The van der Waals surface area contributed by atoms with Gasteiger partial charge in [0.05, 0.1) is 18.2 Å². The lowest BCUT2D eigenvalue weighted by molar-refractivity contribution is -0.144. The van der Waals surface area contributed by atoms with Crippen LogP contribution in [0.3, 0.4) is 0 Å². The van der Waals surface area contributed by atoms with Gasteiger partial charge in [-0.1, -0.05) is 0 Å². The molecule has 1 aliphatic heterocycles. The summed E-state index contributed by atoms with van der Waals surface area (Å²) in [6.45, 7) is 9.64. The largest absolute Gasteiger partial charge is 0.465 e. The molecule has 0 aromatic carbocycles. The Balaban J connectivity index is 2.00. The van der Waals surface area contributed by atoms with E-state index in [1.54, 1.807) is 11.6 Å². The Hall–Kier alpha value is -1.93. The van der Waals surface area contributed by atoms with E-state index in [2.05, 4.69) is 15.3 Å². The van der Waals surface area contributed by atoms with Crippen LogP contribution in [0.2, 0.25) is 0 Å². The lowest BCUT2D eigenvalue weighted by atomic mass is 9.96. The van der Waals surface area contributed by atoms with Gasteiger partial charge in [0.25, 0.3) is 0 Å². The van der Waals surface area contributed by atoms with Crippen molar-refractivity contribution >= 4 is 11.9 Å². The van der Waals surface area contributed by atoms with Crippen LogP contribution in [0.5, 0.6) is 0 Å². The molecule has 3 N–H and O–H groups in total. The minimum absolute atomic E-state index is 0.00508. The van der Waals surface area contributed by atoms with E-state index in [1.807, 2.05) is 13.8 Å². The number of carbonyl (C=O) groups excluding carboxylic acids is 2. The number of amides is 1. The van der Waals surface area contributed by atoms with Gasteiger partial charge in [-0.3, -0.25) is 19.2 Å². The van der Waals surface area contributed by atoms with Crippen LogP contribution in [0, 0.1) is 19.8 Å². The molecule has 1 aliphatic rings. The standard InChI is InChI=1S/C18H31N5O3/c1-4-26-17(24)12-23-14(3)16(13(2)21-23)11-22-9-5-6-15(10-22)18(25)20-8-7-19/h15H,4-12,19H2,1-3H3,(H,20,25). The number of nitrogens with two attached hydrogens (primary N) is 1. The molecule has 1 saturated heterocycles. The molecule has 26 heavy (non-hydrogen) atoms. The second-order valence-electron chi connectivity index (χ2n) is 6.77. The van der Waals surface area contributed by atoms with Gasteiger partial charge in [-0.25, -0.2) is 0 Å². The number of aryl methyl sites for hydroxylation is 1. The topological polar surface area (TPSA) is 102 Å². The number of rotatable bonds is 8. The van der Waals surface area contributed by atoms with Crippen molar-refractivity contribution in [3.63, 3.8) is 0 Å². The molecular weight excluding hydrogens is 334 g/mol. The van der Waals surface area contributed by atoms with Crippen molar-refractivity contribution in [2.75, 3.05) is 32.8 Å². The third kappa shape index (κ3) is 5.28. The summed E-state index contributed by atoms with van der Waals surface area (Å²) < 4.78 is 6.72. The first-order valence-corrected chi connectivity index (χ1v) is 9.34. The number of nitrogens with one attached hydrogen (secondary N) is 1. The highest BCUT2D eigenvalue weighted by atomic mass is 16.5. The predicted molar refractivity (Wildman–Crippen MR) is 98.4 cm³/mol. The molecule has 1 atom stereocenters. The second-order valence-corrected chi connectivity index (χ2v) is 6.77. The van der Waals surface area contributed by atoms with Crippen molar-refractivity contribution in [3.8, 4) is 0 Å². The van der Waals surface area contributed by atoms with Crippen LogP contribution >= 0.6 is 0 Å². The summed E-state index contributed by atoms with van der Waals surface area (Å²) in [5.41, 5.74) is 8.48. The molecule has 146 valence electrons. The van der Waals surface area contributed by atoms with Crippen molar-refractivity contribution in [3.05, 3.63) is 17.0 Å². The Bertz CT molecular complexity index is 629. The third-order valence-corrected chi connectivity index (χ3v) is 4.82. The Morgan fingerprint density at radius 3 is 2.85 bits per heavy atom. The number of hydrogen-bond acceptors (Lipinski definition) is 6. The summed E-state index contributed by atoms with van der Waals surface area (Å²) in [5.74, 6) is -0.184. The Kier molecular flexibility index (Phi) is 7.59. The molecule has 1 aromatic rings. The Morgan fingerprint density at radius 1 is 1.38 bits per heavy atom. The molecule has 0 saturated carbocycles. The number of nitrogens with zero attached hydrogens (tertiary/aromatic N) is 3. The molecule has 8 nitrogen and oxygen atoms in total. The van der Waals surface area contributed by atoms with E-state index in [4.69, 9.17) is 10.5 Å². The number of hydrogen-bond donors (Lipinski definition) is 2. The molecular formula is C18H31N5O3. The summed E-state index contributed by atoms with van der Waals surface area (Å²) in [7, 11) is 0. The molecule has 0 bridgehead atoms. The summed E-state index contributed by atoms with van der Waals surface area (Å²) in [4.78, 5) is 26.2. The maximum atomic E-state index is 12.2. The summed E-state index contributed by atoms with van der Waals surface area (Å²) in [6.07, 6.45) is 1.91. The number of esters is 1. The van der Waals surface area contributed by atoms with E-state index in [-0.39, 0.29) is 24.3 Å². The molecule has 0 aliphatic carbocycles. The van der Waals surface area contributed by atoms with Crippen LogP contribution in [-0.4, -0.2) is 59.3 Å². The highest BCUT2D eigenvalue weighted by Gasteiger charge is 2.27. The van der Waals surface area contributed by atoms with Crippen LogP contribution in [0.25, 0.3) is 0 Å². The summed E-state index contributed by atoms with van der Waals surface area (Å²) >= 11 is 0. The van der Waals surface area contributed by atoms with E-state index in [9.17, 15) is 9.59 Å². The third-order valence-electron chi connectivity index (χ3n) is 4.82. The minimum atomic E-state index is -0.278. The fraction of sp³-hybridized carbons (Fsp3) is 0.722. The Morgan fingerprint density at radius 2 is 2.15 bits per heavy atom. The zero-order valence-electron chi connectivity index (χ0n) is 16.1. The normalized spacial score (nSPS) is 17.9. The van der Waals surface area contributed by atoms with Crippen LogP contribution < -0.4 is 11.1 Å². The number of piperidine rings is 1. The quantitative estimate of drug-likeness (QED) is 0.645. The van der Waals surface area contributed by atoms with Gasteiger partial charge in [0, 0.05) is 37.4 Å². The SMILES string of the molecule is CCOC(=O)Cn1nc(C)c(CN2CCCC(C(=O)NCCN)C2)c1C. The smallest absolute Gasteiger partial charge is 0.327 e. The first-order chi connectivity index (χ1) is 12.5. The molecule has 8 heteroatoms. The maximum absolute atomic E-state index is 12.2. The van der Waals surface area contributed by atoms with Crippen molar-refractivity contribution in [2.45, 2.75) is 46.7 Å². The first-order valence-electron chi connectivity index (χ1n) is 9.34. The highest BCUT2D eigenvalue weighted by molar-refractivity contribution is 5.78. The van der Waals surface area contributed by atoms with E-state index >= 15 is 0 Å². The Labute approximate surface area is 155 Å². The zero-order chi connectivity index (χ0) is 19.1. The maximum Gasteiger partial charge on any atom is 0.327 e. The number of likely N-dealkylation sites (tertiary alicyclic amines) is 1. The molecule has 1 unspecified atom stereocenters. The van der Waals surface area contributed by atoms with Crippen LogP contribution in [0.15, 0.2) is 0 Å². The monoisotopic (exact) mass is 365 g/mol. The summed E-state index contributed by atoms with van der Waals surface area (Å²) in [5, 5.41) is 7.38. The lowest BCUT2D eigenvalue weighted by Crippen LogP contribution is -2.43. The highest BCUT2D eigenvalue weighted by Crippen LogP contribution is 2.22. The van der Waals surface area contributed by atoms with Gasteiger partial charge in [0.15, 0.2) is 0 Å². The van der Waals surface area contributed by atoms with Crippen LogP contribution in [-0.2, 0) is 27.4 Å². The molecule has 2 rings (SSSR count). The van der Waals surface area contributed by atoms with E-state index in [1.165, 1.54) is 0 Å². The lowest BCUT2D eigenvalue weighted by Gasteiger charge is -2.32. The number of ether oxygens (including phenoxy) is 1. The van der Waals surface area contributed by atoms with Crippen molar-refractivity contribution < 1.29 is 14.3 Å². The van der Waals surface area contributed by atoms with Gasteiger partial charge in [-0.2, -0.15) is 5.10 Å². The van der Waals surface area contributed by atoms with Crippen molar-refractivity contribution in [1.82, 2.24) is 20.0 Å². The fourth-order valence-corrected chi connectivity index (χ4v) is 3.42. The van der Waals surface area contributed by atoms with Gasteiger partial charge in [-0.05, 0) is 40.2 Å². The average molecular weight is 365 g/mol. The molecule has 1 fully saturated rings. The van der Waals surface area contributed by atoms with Crippen LogP contribution in [0.4, 0.5) is 0 Å². The molecule has 2 heterocycles. The predicted octanol–water partition coefficient (Wildman–Crippen LogP) is 0.350. The van der Waals surface area contributed by atoms with Gasteiger partial charge < -0.3 is 15.8 Å². The molecule has 0 spiro atoms. The van der Waals surface area contributed by atoms with E-state index in [0.29, 0.717) is 19.7 Å². The molecule has 1 amide bonds. The number of aromatic nitrogens is 2. The van der Waals surface area contributed by atoms with Gasteiger partial charge in [0.1, 0.15) is 6.54 Å². The summed E-state index contributed by atoms with van der Waals surface area (Å²) in [6, 6.07) is 0. The average Bonchev–Trinajstić information content (AvgIpc) is 2.87. The minimum Gasteiger partial charge on any atom is -0.465 e. The van der Waals surface area contributed by atoms with Gasteiger partial charge in [0.2, 0.25) is 5.91 Å². The molecule has 0 radical (unpaired) electrons. The number of carbonyl (C=O) groups is 2. The van der Waals surface area contributed by atoms with Gasteiger partial charge in [-0.15, -0.1) is 0 Å². The fourth-order valence-electron chi connectivity index (χ4n) is 3.42. The zero-order valence-corrected chi connectivity index (χ0v) is 16.1. The van der Waals surface area contributed by atoms with Gasteiger partial charge >= 0.3 is 5.97 Å². The first kappa shape index (κ1) is 20.4. The molecule has 1 aromatic heterocycles. The van der Waals surface area contributed by atoms with Crippen molar-refractivity contribution in [2.24, 2.45) is 11.7 Å². The second kappa shape index (κ2) is 9.68. The van der Waals surface area contributed by atoms with E-state index in [0.717, 1.165) is 49.4 Å². The van der Waals surface area contributed by atoms with Crippen molar-refractivity contribution in [1.29, 1.82) is 0 Å². The van der Waals surface area contributed by atoms with E-state index < -0.39 is 0 Å².